The molecule has 4 rings (SSSR count). The molecule has 0 radical (unpaired) electrons. The van der Waals surface area contributed by atoms with Crippen molar-refractivity contribution in [3.05, 3.63) is 0 Å². The Balaban J connectivity index is 1.49. The van der Waals surface area contributed by atoms with Crippen LogP contribution in [0.3, 0.4) is 0 Å². The normalized spacial score (nSPS) is 23.7. The van der Waals surface area contributed by atoms with Crippen molar-refractivity contribution in [2.45, 2.75) is 161 Å². The number of likely N-dealkylation sites (tertiary alicyclic amines) is 1. The van der Waals surface area contributed by atoms with Gasteiger partial charge in [-0.05, 0) is 88.9 Å². The van der Waals surface area contributed by atoms with E-state index in [9.17, 15) is 32.4 Å². The lowest BCUT2D eigenvalue weighted by molar-refractivity contribution is -0.142. The largest absolute Gasteiger partial charge is 0.354 e. The van der Waals surface area contributed by atoms with E-state index in [1.54, 1.807) is 25.7 Å². The van der Waals surface area contributed by atoms with Gasteiger partial charge in [0.15, 0.2) is 9.84 Å². The summed E-state index contributed by atoms with van der Waals surface area (Å²) >= 11 is 0. The maximum Gasteiger partial charge on any atom is 0.315 e. The summed E-state index contributed by atoms with van der Waals surface area (Å²) < 4.78 is 25.7. The number of carbonyl (C=O) groups is 5. The van der Waals surface area contributed by atoms with Crippen LogP contribution in [-0.4, -0.2) is 90.1 Å². The quantitative estimate of drug-likeness (QED) is 0.182. The molecule has 0 spiro atoms. The van der Waals surface area contributed by atoms with Crippen molar-refractivity contribution in [1.82, 2.24) is 26.2 Å². The SMILES string of the molecule is CC(C)[C@@H]1C[C@@H](C(=O)NC[C@@H](CCC2CC2)C(=O)C(=O)NC2CC2)N(C(=O)[C@@H](NC(=O)NC2(CS(=O)(=O)C(C)(C)C)CCCCC2)C(C)(C)C)C1. The van der Waals surface area contributed by atoms with E-state index < -0.39 is 61.3 Å². The molecule has 4 atom stereocenters. The molecule has 0 bridgehead atoms. The summed E-state index contributed by atoms with van der Waals surface area (Å²) in [5.74, 6) is -1.86. The van der Waals surface area contributed by atoms with E-state index in [2.05, 4.69) is 35.1 Å². The molecular formula is C38H65N5O7S. The summed E-state index contributed by atoms with van der Waals surface area (Å²) in [4.78, 5) is 69.6. The first-order valence-corrected chi connectivity index (χ1v) is 21.0. The van der Waals surface area contributed by atoms with Gasteiger partial charge >= 0.3 is 6.03 Å². The molecule has 1 heterocycles. The number of urea groups is 1. The lowest BCUT2D eigenvalue weighted by atomic mass is 9.83. The molecule has 4 N–H and O–H groups in total. The van der Waals surface area contributed by atoms with Gasteiger partial charge in [0, 0.05) is 25.0 Å². The molecule has 3 saturated carbocycles. The number of Topliss-reactive ketones (excluding diaryl/α,β-unsaturated/α-hetero) is 1. The number of hydrogen-bond donors (Lipinski definition) is 4. The van der Waals surface area contributed by atoms with Gasteiger partial charge in [0.2, 0.25) is 17.6 Å². The van der Waals surface area contributed by atoms with Crippen LogP contribution in [0.5, 0.6) is 0 Å². The molecule has 0 aromatic carbocycles. The fraction of sp³-hybridized carbons (Fsp3) is 0.868. The van der Waals surface area contributed by atoms with Crippen molar-refractivity contribution in [3.8, 4) is 0 Å². The van der Waals surface area contributed by atoms with Crippen LogP contribution in [0.25, 0.3) is 0 Å². The second kappa shape index (κ2) is 16.1. The monoisotopic (exact) mass is 735 g/mol. The Morgan fingerprint density at radius 3 is 2.06 bits per heavy atom. The molecule has 51 heavy (non-hydrogen) atoms. The Morgan fingerprint density at radius 2 is 1.53 bits per heavy atom. The summed E-state index contributed by atoms with van der Waals surface area (Å²) in [6.07, 6.45) is 9.38. The number of hydrogen-bond acceptors (Lipinski definition) is 7. The number of nitrogens with zero attached hydrogens (tertiary/aromatic N) is 1. The molecule has 0 aromatic heterocycles. The highest BCUT2D eigenvalue weighted by atomic mass is 32.2. The van der Waals surface area contributed by atoms with Crippen molar-refractivity contribution in [2.75, 3.05) is 18.8 Å². The minimum Gasteiger partial charge on any atom is -0.354 e. The van der Waals surface area contributed by atoms with Gasteiger partial charge < -0.3 is 26.2 Å². The molecule has 13 heteroatoms. The molecular weight excluding hydrogens is 671 g/mol. The second-order valence-corrected chi connectivity index (χ2v) is 21.2. The minimum absolute atomic E-state index is 0.0241. The predicted octanol–water partition coefficient (Wildman–Crippen LogP) is 4.26. The molecule has 3 aliphatic carbocycles. The van der Waals surface area contributed by atoms with Crippen LogP contribution in [0.2, 0.25) is 0 Å². The smallest absolute Gasteiger partial charge is 0.315 e. The summed E-state index contributed by atoms with van der Waals surface area (Å²) in [5, 5.41) is 11.6. The summed E-state index contributed by atoms with van der Waals surface area (Å²) in [6, 6.07) is -2.35. The molecule has 5 amide bonds. The van der Waals surface area contributed by atoms with Gasteiger partial charge in [-0.15, -0.1) is 0 Å². The first-order chi connectivity index (χ1) is 23.6. The van der Waals surface area contributed by atoms with Crippen LogP contribution in [0.1, 0.15) is 132 Å². The van der Waals surface area contributed by atoms with Gasteiger partial charge in [-0.25, -0.2) is 13.2 Å². The standard InChI is InChI=1S/C38H65N5O7S/c1-24(2)27-20-29(32(45)39-21-26(15-14-25-12-13-25)30(44)33(46)40-28-16-17-28)43(22-27)34(47)31(36(3,4)5)41-35(48)42-38(18-10-9-11-19-38)23-51(49,50)37(6,7)8/h24-29,31H,9-23H2,1-8H3,(H,39,45)(H,40,46)(H2,41,42,48)/t26-,27-,29+,31-/m1/s1. The third kappa shape index (κ3) is 11.2. The van der Waals surface area contributed by atoms with Gasteiger partial charge in [-0.3, -0.25) is 19.2 Å². The van der Waals surface area contributed by atoms with Gasteiger partial charge in [0.05, 0.1) is 16.0 Å². The van der Waals surface area contributed by atoms with Crippen LogP contribution in [0, 0.1) is 29.1 Å². The zero-order valence-corrected chi connectivity index (χ0v) is 33.2. The van der Waals surface area contributed by atoms with E-state index in [1.807, 2.05) is 20.8 Å². The number of carbonyl (C=O) groups excluding carboxylic acids is 5. The highest BCUT2D eigenvalue weighted by Crippen LogP contribution is 2.36. The van der Waals surface area contributed by atoms with E-state index >= 15 is 0 Å². The van der Waals surface area contributed by atoms with E-state index in [0.29, 0.717) is 38.1 Å². The van der Waals surface area contributed by atoms with Crippen molar-refractivity contribution in [3.63, 3.8) is 0 Å². The van der Waals surface area contributed by atoms with Crippen LogP contribution in [-0.2, 0) is 29.0 Å². The second-order valence-electron chi connectivity index (χ2n) is 18.4. The van der Waals surface area contributed by atoms with E-state index in [0.717, 1.165) is 51.4 Å². The lowest BCUT2D eigenvalue weighted by Crippen LogP contribution is -2.63. The average Bonchev–Trinajstić information content (AvgIpc) is 3.96. The topological polar surface area (TPSA) is 171 Å². The van der Waals surface area contributed by atoms with Crippen molar-refractivity contribution >= 4 is 39.4 Å². The highest BCUT2D eigenvalue weighted by molar-refractivity contribution is 7.92. The number of nitrogens with one attached hydrogen (secondary N) is 4. The number of rotatable bonds is 15. The zero-order valence-electron chi connectivity index (χ0n) is 32.4. The van der Waals surface area contributed by atoms with Gasteiger partial charge in [-0.1, -0.05) is 66.7 Å². The molecule has 4 fully saturated rings. The van der Waals surface area contributed by atoms with E-state index in [1.165, 1.54) is 0 Å². The lowest BCUT2D eigenvalue weighted by Gasteiger charge is -2.41. The summed E-state index contributed by atoms with van der Waals surface area (Å²) in [7, 11) is -3.55. The van der Waals surface area contributed by atoms with Gasteiger partial charge in [0.25, 0.3) is 5.91 Å². The van der Waals surface area contributed by atoms with Crippen molar-refractivity contribution < 1.29 is 32.4 Å². The van der Waals surface area contributed by atoms with Crippen LogP contribution < -0.4 is 21.3 Å². The molecule has 290 valence electrons. The van der Waals surface area contributed by atoms with Crippen LogP contribution in [0.4, 0.5) is 4.79 Å². The number of sulfone groups is 1. The number of amides is 5. The van der Waals surface area contributed by atoms with Crippen molar-refractivity contribution in [2.24, 2.45) is 29.1 Å². The molecule has 1 aliphatic heterocycles. The molecule has 12 nitrogen and oxygen atoms in total. The third-order valence-corrected chi connectivity index (χ3v) is 14.3. The summed E-state index contributed by atoms with van der Waals surface area (Å²) in [5.41, 5.74) is -1.68. The average molecular weight is 736 g/mol. The maximum absolute atomic E-state index is 14.5. The Hall–Kier alpha value is -2.70. The first-order valence-electron chi connectivity index (χ1n) is 19.4. The van der Waals surface area contributed by atoms with E-state index in [-0.39, 0.29) is 42.0 Å². The minimum atomic E-state index is -3.55. The van der Waals surface area contributed by atoms with Gasteiger partial charge in [0.1, 0.15) is 12.1 Å². The Labute approximate surface area is 306 Å². The summed E-state index contributed by atoms with van der Waals surface area (Å²) in [6.45, 7) is 15.0. The molecule has 0 unspecified atom stereocenters. The Morgan fingerprint density at radius 1 is 0.902 bits per heavy atom. The Bertz CT molecular complexity index is 1400. The van der Waals surface area contributed by atoms with E-state index in [4.69, 9.17) is 0 Å². The maximum atomic E-state index is 14.5. The first kappa shape index (κ1) is 41.1. The fourth-order valence-electron chi connectivity index (χ4n) is 7.36. The third-order valence-electron chi connectivity index (χ3n) is 11.5. The highest BCUT2D eigenvalue weighted by Gasteiger charge is 2.47. The zero-order chi connectivity index (χ0) is 37.9. The van der Waals surface area contributed by atoms with Crippen LogP contribution >= 0.6 is 0 Å². The van der Waals surface area contributed by atoms with Gasteiger partial charge in [-0.2, -0.15) is 0 Å². The molecule has 4 aliphatic rings. The Kier molecular flexibility index (Phi) is 13.0. The molecule has 0 aromatic rings. The van der Waals surface area contributed by atoms with Crippen molar-refractivity contribution in [1.29, 1.82) is 0 Å². The molecule has 1 saturated heterocycles. The van der Waals surface area contributed by atoms with Crippen LogP contribution in [0.15, 0.2) is 0 Å². The fourth-order valence-corrected chi connectivity index (χ4v) is 8.88. The predicted molar refractivity (Wildman–Crippen MR) is 197 cm³/mol. The number of ketones is 1.